The zero-order valence-corrected chi connectivity index (χ0v) is 13.7. The minimum absolute atomic E-state index is 0.272. The highest BCUT2D eigenvalue weighted by Crippen LogP contribution is 2.33. The molecule has 0 saturated heterocycles. The molecule has 0 N–H and O–H groups in total. The van der Waals surface area contributed by atoms with Crippen LogP contribution < -0.4 is 0 Å². The number of aromatic nitrogens is 1. The number of nitriles is 1. The molecule has 3 aromatic rings. The van der Waals surface area contributed by atoms with E-state index in [1.54, 1.807) is 37.3 Å². The van der Waals surface area contributed by atoms with Gasteiger partial charge in [0, 0.05) is 11.1 Å². The second-order valence-electron chi connectivity index (χ2n) is 5.49. The van der Waals surface area contributed by atoms with Gasteiger partial charge in [-0.1, -0.05) is 6.92 Å². The second kappa shape index (κ2) is 6.73. The van der Waals surface area contributed by atoms with Crippen LogP contribution in [0.2, 0.25) is 0 Å². The largest absolute Gasteiger partial charge is 0.465 e. The fourth-order valence-electron chi connectivity index (χ4n) is 2.57. The molecule has 0 spiro atoms. The van der Waals surface area contributed by atoms with E-state index in [2.05, 4.69) is 9.72 Å². The van der Waals surface area contributed by atoms with Crippen LogP contribution in [-0.2, 0) is 4.74 Å². The number of hydrogen-bond donors (Lipinski definition) is 0. The summed E-state index contributed by atoms with van der Waals surface area (Å²) in [5.41, 5.74) is 2.46. The number of ether oxygens (including phenoxy) is 1. The van der Waals surface area contributed by atoms with Gasteiger partial charge in [0.05, 0.1) is 24.3 Å². The number of benzene rings is 2. The standard InChI is InChI=1S/C19H15FN2O3/c1-3-15(20)14-8-11(10-21)9-16-17(14)25-18(22-16)12-4-6-13(7-5-12)19(23)24-2/h4-9,15H,3H2,1-2H3. The molecule has 1 atom stereocenters. The number of carbonyl (C=O) groups is 1. The quantitative estimate of drug-likeness (QED) is 0.651. The van der Waals surface area contributed by atoms with Crippen LogP contribution in [0.25, 0.3) is 22.6 Å². The van der Waals surface area contributed by atoms with Gasteiger partial charge in [-0.05, 0) is 42.8 Å². The SMILES string of the molecule is CCC(F)c1cc(C#N)cc2nc(-c3ccc(C(=O)OC)cc3)oc12. The van der Waals surface area contributed by atoms with Crippen LogP contribution in [0.4, 0.5) is 4.39 Å². The Balaban J connectivity index is 2.09. The minimum Gasteiger partial charge on any atom is -0.465 e. The summed E-state index contributed by atoms with van der Waals surface area (Å²) < 4.78 is 24.7. The number of methoxy groups -OCH3 is 1. The number of carbonyl (C=O) groups excluding carboxylic acids is 1. The average molecular weight is 338 g/mol. The van der Waals surface area contributed by atoms with Crippen LogP contribution in [0.5, 0.6) is 0 Å². The Kier molecular flexibility index (Phi) is 4.48. The molecule has 0 radical (unpaired) electrons. The summed E-state index contributed by atoms with van der Waals surface area (Å²) in [5, 5.41) is 9.13. The summed E-state index contributed by atoms with van der Waals surface area (Å²) in [4.78, 5) is 15.9. The summed E-state index contributed by atoms with van der Waals surface area (Å²) >= 11 is 0. The van der Waals surface area contributed by atoms with Gasteiger partial charge in [-0.2, -0.15) is 5.26 Å². The van der Waals surface area contributed by atoms with Gasteiger partial charge < -0.3 is 9.15 Å². The molecule has 0 aliphatic carbocycles. The number of nitrogens with zero attached hydrogens (tertiary/aromatic N) is 2. The topological polar surface area (TPSA) is 76.1 Å². The number of hydrogen-bond acceptors (Lipinski definition) is 5. The fourth-order valence-corrected chi connectivity index (χ4v) is 2.57. The van der Waals surface area contributed by atoms with Crippen LogP contribution in [0.15, 0.2) is 40.8 Å². The predicted octanol–water partition coefficient (Wildman–Crippen LogP) is 4.57. The molecule has 1 unspecified atom stereocenters. The lowest BCUT2D eigenvalue weighted by Crippen LogP contribution is -2.00. The normalized spacial score (nSPS) is 11.9. The van der Waals surface area contributed by atoms with Crippen molar-refractivity contribution in [2.45, 2.75) is 19.5 Å². The first kappa shape index (κ1) is 16.7. The smallest absolute Gasteiger partial charge is 0.337 e. The van der Waals surface area contributed by atoms with Gasteiger partial charge in [0.25, 0.3) is 0 Å². The van der Waals surface area contributed by atoms with Crippen molar-refractivity contribution in [2.75, 3.05) is 7.11 Å². The number of halogens is 1. The van der Waals surface area contributed by atoms with Gasteiger partial charge in [0.15, 0.2) is 5.58 Å². The number of esters is 1. The van der Waals surface area contributed by atoms with Gasteiger partial charge >= 0.3 is 5.97 Å². The zero-order valence-electron chi connectivity index (χ0n) is 13.7. The Morgan fingerprint density at radius 3 is 2.68 bits per heavy atom. The van der Waals surface area contributed by atoms with E-state index in [9.17, 15) is 9.18 Å². The first-order valence-electron chi connectivity index (χ1n) is 7.74. The highest BCUT2D eigenvalue weighted by molar-refractivity contribution is 5.90. The lowest BCUT2D eigenvalue weighted by atomic mass is 10.0. The first-order chi connectivity index (χ1) is 12.1. The number of rotatable bonds is 4. The molecule has 2 aromatic carbocycles. The maximum atomic E-state index is 14.3. The minimum atomic E-state index is -1.24. The molecule has 126 valence electrons. The summed E-state index contributed by atoms with van der Waals surface area (Å²) in [6.45, 7) is 1.72. The molecule has 0 aliphatic rings. The molecule has 3 rings (SSSR count). The Hall–Kier alpha value is -3.20. The lowest BCUT2D eigenvalue weighted by molar-refractivity contribution is 0.0600. The van der Waals surface area contributed by atoms with E-state index in [1.165, 1.54) is 13.2 Å². The molecule has 0 saturated carbocycles. The van der Waals surface area contributed by atoms with Crippen LogP contribution in [0.1, 0.15) is 41.0 Å². The number of fused-ring (bicyclic) bond motifs is 1. The van der Waals surface area contributed by atoms with Gasteiger partial charge in [0.1, 0.15) is 11.7 Å². The van der Waals surface area contributed by atoms with Crippen molar-refractivity contribution in [1.29, 1.82) is 5.26 Å². The predicted molar refractivity (Wildman–Crippen MR) is 89.6 cm³/mol. The van der Waals surface area contributed by atoms with Crippen molar-refractivity contribution in [3.8, 4) is 17.5 Å². The third-order valence-corrected chi connectivity index (χ3v) is 3.90. The third kappa shape index (κ3) is 3.09. The molecule has 0 amide bonds. The van der Waals surface area contributed by atoms with E-state index in [0.717, 1.165) is 0 Å². The molecule has 5 nitrogen and oxygen atoms in total. The molecule has 1 heterocycles. The first-order valence-corrected chi connectivity index (χ1v) is 7.74. The van der Waals surface area contributed by atoms with Crippen LogP contribution in [-0.4, -0.2) is 18.1 Å². The van der Waals surface area contributed by atoms with Crippen molar-refractivity contribution < 1.29 is 18.3 Å². The van der Waals surface area contributed by atoms with E-state index in [4.69, 9.17) is 9.68 Å². The fraction of sp³-hybridized carbons (Fsp3) is 0.211. The van der Waals surface area contributed by atoms with Crippen molar-refractivity contribution in [3.05, 3.63) is 53.1 Å². The highest BCUT2D eigenvalue weighted by Gasteiger charge is 2.19. The third-order valence-electron chi connectivity index (χ3n) is 3.90. The van der Waals surface area contributed by atoms with Gasteiger partial charge in [-0.25, -0.2) is 14.2 Å². The summed E-state index contributed by atoms with van der Waals surface area (Å²) in [7, 11) is 1.31. The van der Waals surface area contributed by atoms with Gasteiger partial charge in [-0.15, -0.1) is 0 Å². The molecule has 1 aromatic heterocycles. The molecular weight excluding hydrogens is 323 g/mol. The van der Waals surface area contributed by atoms with E-state index in [1.807, 2.05) is 6.07 Å². The molecule has 6 heteroatoms. The Bertz CT molecular complexity index is 971. The van der Waals surface area contributed by atoms with Crippen LogP contribution in [0.3, 0.4) is 0 Å². The monoisotopic (exact) mass is 338 g/mol. The zero-order chi connectivity index (χ0) is 18.0. The summed E-state index contributed by atoms with van der Waals surface area (Å²) in [6, 6.07) is 11.6. The second-order valence-corrected chi connectivity index (χ2v) is 5.49. The van der Waals surface area contributed by atoms with Crippen molar-refractivity contribution >= 4 is 17.1 Å². The summed E-state index contributed by atoms with van der Waals surface area (Å²) in [5.74, 6) is -0.140. The van der Waals surface area contributed by atoms with Crippen LogP contribution >= 0.6 is 0 Å². The number of oxazole rings is 1. The van der Waals surface area contributed by atoms with E-state index in [0.29, 0.717) is 39.2 Å². The maximum Gasteiger partial charge on any atom is 0.337 e. The van der Waals surface area contributed by atoms with E-state index < -0.39 is 12.1 Å². The average Bonchev–Trinajstić information content (AvgIpc) is 3.10. The van der Waals surface area contributed by atoms with Crippen molar-refractivity contribution in [3.63, 3.8) is 0 Å². The molecule has 0 fully saturated rings. The van der Waals surface area contributed by atoms with Crippen LogP contribution in [0, 0.1) is 11.3 Å². The molecular formula is C19H15FN2O3. The molecule has 0 bridgehead atoms. The lowest BCUT2D eigenvalue weighted by Gasteiger charge is -2.05. The molecule has 0 aliphatic heterocycles. The Morgan fingerprint density at radius 1 is 1.36 bits per heavy atom. The van der Waals surface area contributed by atoms with Gasteiger partial charge in [0.2, 0.25) is 5.89 Å². The summed E-state index contributed by atoms with van der Waals surface area (Å²) in [6.07, 6.45) is -0.966. The Labute approximate surface area is 143 Å². The van der Waals surface area contributed by atoms with Crippen molar-refractivity contribution in [2.24, 2.45) is 0 Å². The maximum absolute atomic E-state index is 14.3. The van der Waals surface area contributed by atoms with E-state index in [-0.39, 0.29) is 6.42 Å². The number of alkyl halides is 1. The Morgan fingerprint density at radius 2 is 2.08 bits per heavy atom. The highest BCUT2D eigenvalue weighted by atomic mass is 19.1. The molecule has 25 heavy (non-hydrogen) atoms. The van der Waals surface area contributed by atoms with Crippen molar-refractivity contribution in [1.82, 2.24) is 4.98 Å². The van der Waals surface area contributed by atoms with Gasteiger partial charge in [-0.3, -0.25) is 0 Å². The van der Waals surface area contributed by atoms with E-state index >= 15 is 0 Å².